The highest BCUT2D eigenvalue weighted by molar-refractivity contribution is 5.41. The molecule has 1 unspecified atom stereocenters. The zero-order valence-electron chi connectivity index (χ0n) is 12.0. The third-order valence-corrected chi connectivity index (χ3v) is 3.49. The van der Waals surface area contributed by atoms with Gasteiger partial charge in [0.1, 0.15) is 11.9 Å². The molecule has 1 fully saturated rings. The van der Waals surface area contributed by atoms with Gasteiger partial charge in [0.2, 0.25) is 0 Å². The first-order valence-corrected chi connectivity index (χ1v) is 6.95. The van der Waals surface area contributed by atoms with E-state index < -0.39 is 0 Å². The van der Waals surface area contributed by atoms with Crippen LogP contribution in [0.2, 0.25) is 0 Å². The molecule has 1 aromatic carbocycles. The number of hydrogen-bond acceptors (Lipinski definition) is 2. The van der Waals surface area contributed by atoms with E-state index in [4.69, 9.17) is 4.74 Å². The number of ether oxygens (including phenoxy) is 1. The van der Waals surface area contributed by atoms with Gasteiger partial charge in [-0.25, -0.2) is 0 Å². The average molecular weight is 247 g/mol. The van der Waals surface area contributed by atoms with E-state index in [0.717, 1.165) is 25.3 Å². The number of rotatable bonds is 2. The predicted octanol–water partition coefficient (Wildman–Crippen LogP) is 3.42. The summed E-state index contributed by atoms with van der Waals surface area (Å²) in [7, 11) is 0. The molecule has 100 valence electrons. The van der Waals surface area contributed by atoms with Gasteiger partial charge >= 0.3 is 0 Å². The van der Waals surface area contributed by atoms with Crippen molar-refractivity contribution in [2.75, 3.05) is 13.1 Å². The molecule has 2 rings (SSSR count). The predicted molar refractivity (Wildman–Crippen MR) is 76.4 cm³/mol. The lowest BCUT2D eigenvalue weighted by Crippen LogP contribution is -2.37. The van der Waals surface area contributed by atoms with Crippen molar-refractivity contribution in [2.24, 2.45) is 0 Å². The molecule has 0 bridgehead atoms. The van der Waals surface area contributed by atoms with Gasteiger partial charge in [0, 0.05) is 6.54 Å². The molecule has 1 aliphatic heterocycles. The van der Waals surface area contributed by atoms with Gasteiger partial charge in [-0.2, -0.15) is 0 Å². The molecule has 1 N–H and O–H groups in total. The normalized spacial score (nSPS) is 20.8. The van der Waals surface area contributed by atoms with Crippen molar-refractivity contribution in [1.29, 1.82) is 0 Å². The Morgan fingerprint density at radius 3 is 2.67 bits per heavy atom. The van der Waals surface area contributed by atoms with Crippen LogP contribution in [0.25, 0.3) is 0 Å². The molecular formula is C16H25NO. The van der Waals surface area contributed by atoms with Crippen molar-refractivity contribution in [3.8, 4) is 5.75 Å². The SMILES string of the molecule is Cc1ccc(OC2CCCNC2)c(C(C)(C)C)c1. The monoisotopic (exact) mass is 247 g/mol. The highest BCUT2D eigenvalue weighted by Crippen LogP contribution is 2.33. The van der Waals surface area contributed by atoms with Gasteiger partial charge in [0.15, 0.2) is 0 Å². The van der Waals surface area contributed by atoms with Gasteiger partial charge in [-0.3, -0.25) is 0 Å². The van der Waals surface area contributed by atoms with Crippen molar-refractivity contribution < 1.29 is 4.74 Å². The fraction of sp³-hybridized carbons (Fsp3) is 0.625. The maximum absolute atomic E-state index is 6.21. The molecule has 1 saturated heterocycles. The van der Waals surface area contributed by atoms with Gasteiger partial charge in [-0.15, -0.1) is 0 Å². The highest BCUT2D eigenvalue weighted by atomic mass is 16.5. The Hall–Kier alpha value is -1.02. The molecule has 18 heavy (non-hydrogen) atoms. The average Bonchev–Trinajstić information content (AvgIpc) is 2.31. The largest absolute Gasteiger partial charge is 0.489 e. The maximum Gasteiger partial charge on any atom is 0.123 e. The quantitative estimate of drug-likeness (QED) is 0.864. The van der Waals surface area contributed by atoms with Crippen molar-refractivity contribution in [2.45, 2.75) is 52.1 Å². The van der Waals surface area contributed by atoms with E-state index in [1.54, 1.807) is 0 Å². The molecule has 0 aromatic heterocycles. The summed E-state index contributed by atoms with van der Waals surface area (Å²) in [6.45, 7) is 11.0. The van der Waals surface area contributed by atoms with E-state index in [0.29, 0.717) is 6.10 Å². The van der Waals surface area contributed by atoms with Crippen LogP contribution < -0.4 is 10.1 Å². The second-order valence-corrected chi connectivity index (χ2v) is 6.34. The van der Waals surface area contributed by atoms with Crippen molar-refractivity contribution in [3.05, 3.63) is 29.3 Å². The van der Waals surface area contributed by atoms with Crippen LogP contribution in [0, 0.1) is 6.92 Å². The molecule has 0 amide bonds. The fourth-order valence-corrected chi connectivity index (χ4v) is 2.43. The second-order valence-electron chi connectivity index (χ2n) is 6.34. The molecule has 2 heteroatoms. The number of benzene rings is 1. The maximum atomic E-state index is 6.21. The van der Waals surface area contributed by atoms with Crippen LogP contribution in [0.5, 0.6) is 5.75 Å². The van der Waals surface area contributed by atoms with E-state index in [9.17, 15) is 0 Å². The molecule has 0 aliphatic carbocycles. The van der Waals surface area contributed by atoms with Crippen LogP contribution in [0.15, 0.2) is 18.2 Å². The third-order valence-electron chi connectivity index (χ3n) is 3.49. The van der Waals surface area contributed by atoms with Crippen LogP contribution in [0.1, 0.15) is 44.7 Å². The molecule has 1 atom stereocenters. The summed E-state index contributed by atoms with van der Waals surface area (Å²) >= 11 is 0. The topological polar surface area (TPSA) is 21.3 Å². The van der Waals surface area contributed by atoms with Crippen molar-refractivity contribution in [3.63, 3.8) is 0 Å². The van der Waals surface area contributed by atoms with Crippen molar-refractivity contribution >= 4 is 0 Å². The summed E-state index contributed by atoms with van der Waals surface area (Å²) in [5, 5.41) is 3.40. The van der Waals surface area contributed by atoms with Gasteiger partial charge in [0.25, 0.3) is 0 Å². The highest BCUT2D eigenvalue weighted by Gasteiger charge is 2.22. The molecule has 1 heterocycles. The Labute approximate surface area is 111 Å². The number of piperidine rings is 1. The number of hydrogen-bond donors (Lipinski definition) is 1. The standard InChI is InChI=1S/C16H25NO/c1-12-7-8-15(14(10-12)16(2,3)4)18-13-6-5-9-17-11-13/h7-8,10,13,17H,5-6,9,11H2,1-4H3. The summed E-state index contributed by atoms with van der Waals surface area (Å²) in [5.41, 5.74) is 2.74. The minimum Gasteiger partial charge on any atom is -0.489 e. The molecule has 1 aliphatic rings. The summed E-state index contributed by atoms with van der Waals surface area (Å²) in [6.07, 6.45) is 2.69. The summed E-state index contributed by atoms with van der Waals surface area (Å²) in [6, 6.07) is 6.52. The Kier molecular flexibility index (Phi) is 3.96. The van der Waals surface area contributed by atoms with E-state index in [-0.39, 0.29) is 5.41 Å². The van der Waals surface area contributed by atoms with Gasteiger partial charge in [-0.05, 0) is 43.4 Å². The lowest BCUT2D eigenvalue weighted by atomic mass is 9.85. The van der Waals surface area contributed by atoms with Gasteiger partial charge in [0.05, 0.1) is 0 Å². The lowest BCUT2D eigenvalue weighted by Gasteiger charge is -2.28. The van der Waals surface area contributed by atoms with E-state index in [2.05, 4.69) is 51.2 Å². The minimum atomic E-state index is 0.128. The Morgan fingerprint density at radius 1 is 1.28 bits per heavy atom. The molecule has 0 saturated carbocycles. The summed E-state index contributed by atoms with van der Waals surface area (Å²) in [5.74, 6) is 1.06. The minimum absolute atomic E-state index is 0.128. The second kappa shape index (κ2) is 5.31. The zero-order valence-corrected chi connectivity index (χ0v) is 12.0. The Bertz CT molecular complexity index is 400. The van der Waals surface area contributed by atoms with Gasteiger partial charge in [-0.1, -0.05) is 38.5 Å². The van der Waals surface area contributed by atoms with Crippen LogP contribution in [0.4, 0.5) is 0 Å². The van der Waals surface area contributed by atoms with Crippen molar-refractivity contribution in [1.82, 2.24) is 5.32 Å². The zero-order chi connectivity index (χ0) is 13.2. The number of nitrogens with one attached hydrogen (secondary N) is 1. The summed E-state index contributed by atoms with van der Waals surface area (Å²) < 4.78 is 6.21. The Morgan fingerprint density at radius 2 is 2.06 bits per heavy atom. The first kappa shape index (κ1) is 13.4. The smallest absolute Gasteiger partial charge is 0.123 e. The van der Waals surface area contributed by atoms with E-state index >= 15 is 0 Å². The first-order chi connectivity index (χ1) is 8.47. The fourth-order valence-electron chi connectivity index (χ4n) is 2.43. The lowest BCUT2D eigenvalue weighted by molar-refractivity contribution is 0.164. The van der Waals surface area contributed by atoms with Gasteiger partial charge < -0.3 is 10.1 Å². The van der Waals surface area contributed by atoms with Crippen LogP contribution >= 0.6 is 0 Å². The van der Waals surface area contributed by atoms with Crippen LogP contribution in [-0.2, 0) is 5.41 Å². The van der Waals surface area contributed by atoms with E-state index in [1.807, 2.05) is 0 Å². The molecular weight excluding hydrogens is 222 g/mol. The molecule has 0 spiro atoms. The first-order valence-electron chi connectivity index (χ1n) is 6.95. The van der Waals surface area contributed by atoms with Crippen LogP contribution in [0.3, 0.4) is 0 Å². The Balaban J connectivity index is 2.21. The van der Waals surface area contributed by atoms with Crippen LogP contribution in [-0.4, -0.2) is 19.2 Å². The van der Waals surface area contributed by atoms with E-state index in [1.165, 1.54) is 17.5 Å². The molecule has 0 radical (unpaired) electrons. The number of aryl methyl sites for hydroxylation is 1. The summed E-state index contributed by atoms with van der Waals surface area (Å²) in [4.78, 5) is 0. The third kappa shape index (κ3) is 3.26. The molecule has 1 aromatic rings. The molecule has 2 nitrogen and oxygen atoms in total.